The molecule has 20 heavy (non-hydrogen) atoms. The molecule has 1 heterocycles. The molecule has 2 rings (SSSR count). The molecule has 4 nitrogen and oxygen atoms in total. The lowest BCUT2D eigenvalue weighted by Crippen LogP contribution is -2.07. The minimum absolute atomic E-state index is 0.311. The summed E-state index contributed by atoms with van der Waals surface area (Å²) < 4.78 is 1.05. The molecule has 0 spiro atoms. The van der Waals surface area contributed by atoms with Gasteiger partial charge >= 0.3 is 0 Å². The second-order valence-corrected chi connectivity index (χ2v) is 6.24. The molecule has 0 fully saturated rings. The summed E-state index contributed by atoms with van der Waals surface area (Å²) in [5, 5.41) is 7.20. The summed E-state index contributed by atoms with van der Waals surface area (Å²) in [6, 6.07) is 5.73. The van der Waals surface area contributed by atoms with Crippen LogP contribution in [0.15, 0.2) is 24.5 Å². The smallest absolute Gasteiger partial charge is 0.139 e. The van der Waals surface area contributed by atoms with Crippen LogP contribution in [-0.4, -0.2) is 17.0 Å². The van der Waals surface area contributed by atoms with Crippen LogP contribution in [0.5, 0.6) is 0 Å². The molecule has 0 aliphatic rings. The number of benzene rings is 1. The minimum Gasteiger partial charge on any atom is -0.373 e. The van der Waals surface area contributed by atoms with Crippen molar-refractivity contribution in [1.82, 2.24) is 9.97 Å². The molecule has 106 valence electrons. The molecule has 1 aromatic heterocycles. The largest absolute Gasteiger partial charge is 0.373 e. The molecule has 0 aliphatic heterocycles. The van der Waals surface area contributed by atoms with Gasteiger partial charge in [-0.2, -0.15) is 0 Å². The quantitative estimate of drug-likeness (QED) is 0.731. The zero-order chi connectivity index (χ0) is 14.7. The van der Waals surface area contributed by atoms with E-state index in [0.29, 0.717) is 5.92 Å². The summed E-state index contributed by atoms with van der Waals surface area (Å²) >= 11 is 8.23. The normalized spacial score (nSPS) is 10.7. The first-order valence-corrected chi connectivity index (χ1v) is 7.73. The lowest BCUT2D eigenvalue weighted by Gasteiger charge is -2.17. The Morgan fingerprint density at radius 1 is 1.20 bits per heavy atom. The number of anilines is 3. The van der Waals surface area contributed by atoms with Gasteiger partial charge < -0.3 is 10.6 Å². The van der Waals surface area contributed by atoms with E-state index in [4.69, 9.17) is 11.6 Å². The molecule has 2 N–H and O–H groups in total. The number of rotatable bonds is 4. The Bertz CT molecular complexity index is 616. The topological polar surface area (TPSA) is 49.8 Å². The van der Waals surface area contributed by atoms with Crippen molar-refractivity contribution >= 4 is 51.5 Å². The van der Waals surface area contributed by atoms with E-state index < -0.39 is 0 Å². The molecule has 0 bridgehead atoms. The highest BCUT2D eigenvalue weighted by Crippen LogP contribution is 2.32. The van der Waals surface area contributed by atoms with Crippen molar-refractivity contribution in [2.24, 2.45) is 0 Å². The van der Waals surface area contributed by atoms with Crippen LogP contribution in [0.1, 0.15) is 25.3 Å². The second kappa shape index (κ2) is 6.58. The van der Waals surface area contributed by atoms with Gasteiger partial charge in [-0.05, 0) is 46.7 Å². The average Bonchev–Trinajstić information content (AvgIpc) is 2.41. The maximum Gasteiger partial charge on any atom is 0.139 e. The fourth-order valence-corrected chi connectivity index (χ4v) is 2.97. The van der Waals surface area contributed by atoms with Crippen LogP contribution >= 0.6 is 34.2 Å². The summed E-state index contributed by atoms with van der Waals surface area (Å²) in [5.41, 5.74) is 2.05. The first kappa shape index (κ1) is 15.3. The minimum atomic E-state index is 0.311. The van der Waals surface area contributed by atoms with E-state index in [-0.39, 0.29) is 0 Å². The zero-order valence-electron chi connectivity index (χ0n) is 11.5. The van der Waals surface area contributed by atoms with E-state index in [2.05, 4.69) is 57.0 Å². The van der Waals surface area contributed by atoms with E-state index in [0.717, 1.165) is 31.5 Å². The fraction of sp³-hybridized carbons (Fsp3) is 0.286. The number of hydrogen-bond acceptors (Lipinski definition) is 4. The van der Waals surface area contributed by atoms with Crippen LogP contribution in [0.25, 0.3) is 0 Å². The lowest BCUT2D eigenvalue weighted by molar-refractivity contribution is 0.852. The highest BCUT2D eigenvalue weighted by molar-refractivity contribution is 14.1. The Balaban J connectivity index is 2.43. The highest BCUT2D eigenvalue weighted by Gasteiger charge is 2.15. The van der Waals surface area contributed by atoms with Crippen molar-refractivity contribution in [2.45, 2.75) is 19.8 Å². The molecule has 0 atom stereocenters. The monoisotopic (exact) mass is 402 g/mol. The molecule has 0 unspecified atom stereocenters. The van der Waals surface area contributed by atoms with Gasteiger partial charge in [0.1, 0.15) is 18.0 Å². The molecule has 0 amide bonds. The highest BCUT2D eigenvalue weighted by atomic mass is 127. The molecular formula is C14H16ClIN4. The molecular weight excluding hydrogens is 387 g/mol. The van der Waals surface area contributed by atoms with E-state index in [1.54, 1.807) is 6.33 Å². The summed E-state index contributed by atoms with van der Waals surface area (Å²) in [5.74, 6) is 1.98. The number of halogens is 2. The summed E-state index contributed by atoms with van der Waals surface area (Å²) in [4.78, 5) is 8.64. The summed E-state index contributed by atoms with van der Waals surface area (Å²) in [6.07, 6.45) is 1.56. The predicted octanol–water partition coefficient (Wildman–Crippen LogP) is 4.64. The summed E-state index contributed by atoms with van der Waals surface area (Å²) in [7, 11) is 1.87. The van der Waals surface area contributed by atoms with Crippen LogP contribution in [0.2, 0.25) is 5.02 Å². The SMILES string of the molecule is CNc1ncnc(Nc2ccc(Cl)cc2I)c1C(C)C. The van der Waals surface area contributed by atoms with Crippen molar-refractivity contribution in [1.29, 1.82) is 0 Å². The Morgan fingerprint density at radius 3 is 2.50 bits per heavy atom. The maximum absolute atomic E-state index is 5.98. The molecule has 1 aromatic carbocycles. The van der Waals surface area contributed by atoms with Gasteiger partial charge in [-0.3, -0.25) is 0 Å². The number of nitrogens with zero attached hydrogens (tertiary/aromatic N) is 2. The van der Waals surface area contributed by atoms with E-state index in [9.17, 15) is 0 Å². The van der Waals surface area contributed by atoms with Crippen molar-refractivity contribution in [2.75, 3.05) is 17.7 Å². The van der Waals surface area contributed by atoms with Crippen LogP contribution in [0.4, 0.5) is 17.3 Å². The molecule has 0 aliphatic carbocycles. The Morgan fingerprint density at radius 2 is 1.90 bits per heavy atom. The van der Waals surface area contributed by atoms with Gasteiger partial charge in [0.25, 0.3) is 0 Å². The summed E-state index contributed by atoms with van der Waals surface area (Å²) in [6.45, 7) is 4.25. The third-order valence-electron chi connectivity index (χ3n) is 2.88. The van der Waals surface area contributed by atoms with Gasteiger partial charge in [-0.15, -0.1) is 0 Å². The van der Waals surface area contributed by atoms with Crippen LogP contribution in [-0.2, 0) is 0 Å². The lowest BCUT2D eigenvalue weighted by atomic mass is 10.0. The molecule has 0 saturated carbocycles. The maximum atomic E-state index is 5.98. The Kier molecular flexibility index (Phi) is 5.04. The average molecular weight is 403 g/mol. The zero-order valence-corrected chi connectivity index (χ0v) is 14.5. The van der Waals surface area contributed by atoms with Gasteiger partial charge in [0, 0.05) is 21.2 Å². The molecule has 0 saturated heterocycles. The number of nitrogens with one attached hydrogen (secondary N) is 2. The molecule has 0 radical (unpaired) electrons. The van der Waals surface area contributed by atoms with E-state index in [1.165, 1.54) is 0 Å². The third kappa shape index (κ3) is 3.32. The first-order chi connectivity index (χ1) is 9.52. The van der Waals surface area contributed by atoms with Gasteiger partial charge in [-0.25, -0.2) is 9.97 Å². The van der Waals surface area contributed by atoms with Crippen LogP contribution in [0, 0.1) is 3.57 Å². The fourth-order valence-electron chi connectivity index (χ4n) is 1.96. The van der Waals surface area contributed by atoms with E-state index >= 15 is 0 Å². The van der Waals surface area contributed by atoms with Crippen molar-refractivity contribution < 1.29 is 0 Å². The van der Waals surface area contributed by atoms with E-state index in [1.807, 2.05) is 25.2 Å². The van der Waals surface area contributed by atoms with Gasteiger partial charge in [0.05, 0.1) is 5.69 Å². The van der Waals surface area contributed by atoms with Crippen molar-refractivity contribution in [3.63, 3.8) is 0 Å². The van der Waals surface area contributed by atoms with Crippen LogP contribution in [0.3, 0.4) is 0 Å². The van der Waals surface area contributed by atoms with Crippen LogP contribution < -0.4 is 10.6 Å². The standard InChI is InChI=1S/C14H16ClIN4/c1-8(2)12-13(17-3)18-7-19-14(12)20-11-5-4-9(15)6-10(11)16/h4-8H,1-3H3,(H2,17,18,19,20). The molecule has 6 heteroatoms. The third-order valence-corrected chi connectivity index (χ3v) is 4.01. The van der Waals surface area contributed by atoms with Gasteiger partial charge in [0.15, 0.2) is 0 Å². The molecule has 2 aromatic rings. The number of hydrogen-bond donors (Lipinski definition) is 2. The second-order valence-electron chi connectivity index (χ2n) is 4.64. The Hall–Kier alpha value is -1.08. The predicted molar refractivity (Wildman–Crippen MR) is 93.1 cm³/mol. The Labute approximate surface area is 137 Å². The van der Waals surface area contributed by atoms with Gasteiger partial charge in [0.2, 0.25) is 0 Å². The van der Waals surface area contributed by atoms with Crippen molar-refractivity contribution in [3.05, 3.63) is 38.7 Å². The van der Waals surface area contributed by atoms with Gasteiger partial charge in [-0.1, -0.05) is 25.4 Å². The van der Waals surface area contributed by atoms with Crippen molar-refractivity contribution in [3.8, 4) is 0 Å². The number of aromatic nitrogens is 2. The first-order valence-electron chi connectivity index (χ1n) is 6.27.